The van der Waals surface area contributed by atoms with Crippen molar-refractivity contribution in [3.05, 3.63) is 70.1 Å². The van der Waals surface area contributed by atoms with Crippen molar-refractivity contribution in [3.63, 3.8) is 0 Å². The van der Waals surface area contributed by atoms with Gasteiger partial charge >= 0.3 is 0 Å². The maximum absolute atomic E-state index is 12.6. The number of carbonyl (C=O) groups is 1. The Bertz CT molecular complexity index is 1140. The van der Waals surface area contributed by atoms with Crippen molar-refractivity contribution in [2.45, 2.75) is 33.7 Å². The number of nitrogens with one attached hydrogen (secondary N) is 1. The Hall–Kier alpha value is -3.06. The highest BCUT2D eigenvalue weighted by Crippen LogP contribution is 2.21. The summed E-state index contributed by atoms with van der Waals surface area (Å²) in [6.45, 7) is 6.62. The van der Waals surface area contributed by atoms with E-state index in [1.807, 2.05) is 47.9 Å². The van der Waals surface area contributed by atoms with Crippen LogP contribution in [0.4, 0.5) is 0 Å². The highest BCUT2D eigenvalue weighted by atomic mass is 32.1. The Labute approximate surface area is 173 Å². The van der Waals surface area contributed by atoms with Gasteiger partial charge in [0.05, 0.1) is 21.7 Å². The van der Waals surface area contributed by atoms with Crippen LogP contribution in [0.1, 0.15) is 39.8 Å². The summed E-state index contributed by atoms with van der Waals surface area (Å²) in [6, 6.07) is 11.9. The standard InChI is InChI=1S/C22H23N5OS/c1-14(2)10-20-26-15(3)21(29-20)22(28)24-12-16-8-9-19(23-11-16)27-13-25-17-6-4-5-7-18(17)27/h4-9,11,13-14H,10,12H2,1-3H3,(H,24,28). The summed E-state index contributed by atoms with van der Waals surface area (Å²) >= 11 is 1.48. The lowest BCUT2D eigenvalue weighted by molar-refractivity contribution is 0.0954. The molecular weight excluding hydrogens is 382 g/mol. The van der Waals surface area contributed by atoms with Gasteiger partial charge in [0.25, 0.3) is 5.91 Å². The maximum atomic E-state index is 12.6. The molecule has 0 saturated carbocycles. The Morgan fingerprint density at radius 3 is 2.76 bits per heavy atom. The number of rotatable bonds is 6. The number of aromatic nitrogens is 4. The molecule has 1 aromatic carbocycles. The first-order chi connectivity index (χ1) is 14.0. The second kappa shape index (κ2) is 8.13. The molecule has 0 saturated heterocycles. The van der Waals surface area contributed by atoms with Crippen LogP contribution in [0.5, 0.6) is 0 Å². The maximum Gasteiger partial charge on any atom is 0.263 e. The highest BCUT2D eigenvalue weighted by Gasteiger charge is 2.15. The number of nitrogens with zero attached hydrogens (tertiary/aromatic N) is 4. The molecule has 0 atom stereocenters. The first-order valence-electron chi connectivity index (χ1n) is 9.63. The lowest BCUT2D eigenvalue weighted by Crippen LogP contribution is -2.22. The number of pyridine rings is 1. The SMILES string of the molecule is Cc1nc(CC(C)C)sc1C(=O)NCc1ccc(-n2cnc3ccccc32)nc1. The smallest absolute Gasteiger partial charge is 0.263 e. The van der Waals surface area contributed by atoms with Crippen LogP contribution in [0.15, 0.2) is 48.9 Å². The molecule has 148 valence electrons. The molecule has 4 aromatic rings. The number of hydrogen-bond donors (Lipinski definition) is 1. The summed E-state index contributed by atoms with van der Waals surface area (Å²) in [5.74, 6) is 1.23. The molecule has 4 rings (SSSR count). The van der Waals surface area contributed by atoms with E-state index in [9.17, 15) is 4.79 Å². The Balaban J connectivity index is 1.43. The summed E-state index contributed by atoms with van der Waals surface area (Å²) in [5, 5.41) is 3.99. The van der Waals surface area contributed by atoms with E-state index in [0.717, 1.165) is 39.5 Å². The molecule has 6 nitrogen and oxygen atoms in total. The summed E-state index contributed by atoms with van der Waals surface area (Å²) in [7, 11) is 0. The third-order valence-electron chi connectivity index (χ3n) is 4.59. The topological polar surface area (TPSA) is 72.7 Å². The van der Waals surface area contributed by atoms with E-state index in [1.54, 1.807) is 12.5 Å². The van der Waals surface area contributed by atoms with Crippen molar-refractivity contribution in [2.75, 3.05) is 0 Å². The van der Waals surface area contributed by atoms with Crippen LogP contribution in [0, 0.1) is 12.8 Å². The van der Waals surface area contributed by atoms with E-state index >= 15 is 0 Å². The number of aryl methyl sites for hydroxylation is 1. The molecule has 7 heteroatoms. The minimum absolute atomic E-state index is 0.0836. The largest absolute Gasteiger partial charge is 0.347 e. The van der Waals surface area contributed by atoms with Gasteiger partial charge in [0, 0.05) is 19.2 Å². The van der Waals surface area contributed by atoms with Crippen molar-refractivity contribution in [3.8, 4) is 5.82 Å². The molecule has 3 heterocycles. The summed E-state index contributed by atoms with van der Waals surface area (Å²) in [4.78, 5) is 26.7. The van der Waals surface area contributed by atoms with E-state index in [0.29, 0.717) is 17.3 Å². The molecule has 0 spiro atoms. The van der Waals surface area contributed by atoms with Crippen molar-refractivity contribution in [1.29, 1.82) is 0 Å². The number of fused-ring (bicyclic) bond motifs is 1. The quantitative estimate of drug-likeness (QED) is 0.519. The molecule has 0 aliphatic rings. The van der Waals surface area contributed by atoms with Gasteiger partial charge in [-0.3, -0.25) is 9.36 Å². The molecule has 0 fully saturated rings. The van der Waals surface area contributed by atoms with Gasteiger partial charge in [0.2, 0.25) is 0 Å². The third kappa shape index (κ3) is 4.19. The predicted octanol–water partition coefficient (Wildman–Crippen LogP) is 4.31. The van der Waals surface area contributed by atoms with Gasteiger partial charge in [-0.1, -0.05) is 32.0 Å². The normalized spacial score (nSPS) is 11.3. The molecule has 0 aliphatic heterocycles. The van der Waals surface area contributed by atoms with Gasteiger partial charge in [-0.25, -0.2) is 15.0 Å². The molecular formula is C22H23N5OS. The first kappa shape index (κ1) is 19.3. The summed E-state index contributed by atoms with van der Waals surface area (Å²) in [5.41, 5.74) is 3.68. The second-order valence-electron chi connectivity index (χ2n) is 7.43. The van der Waals surface area contributed by atoms with Crippen LogP contribution < -0.4 is 5.32 Å². The van der Waals surface area contributed by atoms with Gasteiger partial charge in [-0.2, -0.15) is 0 Å². The van der Waals surface area contributed by atoms with Crippen LogP contribution in [-0.4, -0.2) is 25.4 Å². The van der Waals surface area contributed by atoms with Crippen LogP contribution >= 0.6 is 11.3 Å². The Morgan fingerprint density at radius 1 is 1.17 bits per heavy atom. The first-order valence-corrected chi connectivity index (χ1v) is 10.4. The van der Waals surface area contributed by atoms with Gasteiger partial charge in [-0.15, -0.1) is 11.3 Å². The number of hydrogen-bond acceptors (Lipinski definition) is 5. The van der Waals surface area contributed by atoms with Crippen LogP contribution in [-0.2, 0) is 13.0 Å². The minimum Gasteiger partial charge on any atom is -0.347 e. The molecule has 0 unspecified atom stereocenters. The van der Waals surface area contributed by atoms with Crippen molar-refractivity contribution in [1.82, 2.24) is 24.8 Å². The van der Waals surface area contributed by atoms with E-state index in [-0.39, 0.29) is 5.91 Å². The average Bonchev–Trinajstić information content (AvgIpc) is 3.29. The third-order valence-corrected chi connectivity index (χ3v) is 5.77. The van der Waals surface area contributed by atoms with Gasteiger partial charge in [-0.05, 0) is 36.6 Å². The fraction of sp³-hybridized carbons (Fsp3) is 0.273. The molecule has 1 amide bonds. The highest BCUT2D eigenvalue weighted by molar-refractivity contribution is 7.13. The van der Waals surface area contributed by atoms with Crippen molar-refractivity contribution >= 4 is 28.3 Å². The van der Waals surface area contributed by atoms with Gasteiger partial charge in [0.15, 0.2) is 0 Å². The predicted molar refractivity (Wildman–Crippen MR) is 115 cm³/mol. The Kier molecular flexibility index (Phi) is 5.40. The number of carbonyl (C=O) groups excluding carboxylic acids is 1. The number of amides is 1. The zero-order valence-corrected chi connectivity index (χ0v) is 17.5. The van der Waals surface area contributed by atoms with Crippen LogP contribution in [0.25, 0.3) is 16.9 Å². The molecule has 1 N–H and O–H groups in total. The zero-order chi connectivity index (χ0) is 20.4. The van der Waals surface area contributed by atoms with E-state index in [2.05, 4.69) is 34.1 Å². The number of thiazole rings is 1. The van der Waals surface area contributed by atoms with E-state index in [1.165, 1.54) is 11.3 Å². The molecule has 0 bridgehead atoms. The second-order valence-corrected chi connectivity index (χ2v) is 8.51. The van der Waals surface area contributed by atoms with Crippen molar-refractivity contribution in [2.24, 2.45) is 5.92 Å². The summed E-state index contributed by atoms with van der Waals surface area (Å²) < 4.78 is 1.95. The lowest BCUT2D eigenvalue weighted by atomic mass is 10.1. The average molecular weight is 406 g/mol. The monoisotopic (exact) mass is 405 g/mol. The molecule has 3 aromatic heterocycles. The lowest BCUT2D eigenvalue weighted by Gasteiger charge is -2.07. The number of benzene rings is 1. The molecule has 0 radical (unpaired) electrons. The van der Waals surface area contributed by atoms with E-state index in [4.69, 9.17) is 0 Å². The summed E-state index contributed by atoms with van der Waals surface area (Å²) in [6.07, 6.45) is 4.46. The molecule has 29 heavy (non-hydrogen) atoms. The number of para-hydroxylation sites is 2. The fourth-order valence-corrected chi connectivity index (χ4v) is 4.36. The fourth-order valence-electron chi connectivity index (χ4n) is 3.17. The van der Waals surface area contributed by atoms with Gasteiger partial charge < -0.3 is 5.32 Å². The minimum atomic E-state index is -0.0836. The van der Waals surface area contributed by atoms with Gasteiger partial charge in [0.1, 0.15) is 17.0 Å². The van der Waals surface area contributed by atoms with Crippen LogP contribution in [0.3, 0.4) is 0 Å². The zero-order valence-electron chi connectivity index (χ0n) is 16.7. The van der Waals surface area contributed by atoms with Crippen LogP contribution in [0.2, 0.25) is 0 Å². The Morgan fingerprint density at radius 2 is 2.00 bits per heavy atom. The van der Waals surface area contributed by atoms with E-state index < -0.39 is 0 Å². The number of imidazole rings is 1. The molecule has 0 aliphatic carbocycles. The van der Waals surface area contributed by atoms with Crippen molar-refractivity contribution < 1.29 is 4.79 Å².